The van der Waals surface area contributed by atoms with Gasteiger partial charge in [-0.15, -0.1) is 0 Å². The summed E-state index contributed by atoms with van der Waals surface area (Å²) in [6.07, 6.45) is 0. The fraction of sp³-hybridized carbons (Fsp3) is 0.333. The number of hydrogen-bond donors (Lipinski definition) is 1. The van der Waals surface area contributed by atoms with Crippen molar-refractivity contribution in [3.05, 3.63) is 65.7 Å². The maximum Gasteiger partial charge on any atom is 0.119 e. The summed E-state index contributed by atoms with van der Waals surface area (Å²) in [7, 11) is 0. The van der Waals surface area contributed by atoms with Gasteiger partial charge in [-0.25, -0.2) is 0 Å². The van der Waals surface area contributed by atoms with Crippen molar-refractivity contribution in [2.75, 3.05) is 6.61 Å². The van der Waals surface area contributed by atoms with E-state index in [1.165, 1.54) is 11.1 Å². The van der Waals surface area contributed by atoms with Crippen LogP contribution in [-0.2, 0) is 0 Å². The van der Waals surface area contributed by atoms with Gasteiger partial charge in [-0.3, -0.25) is 0 Å². The third-order valence-corrected chi connectivity index (χ3v) is 3.49. The monoisotopic (exact) mass is 269 g/mol. The Kier molecular flexibility index (Phi) is 5.19. The van der Waals surface area contributed by atoms with Gasteiger partial charge < -0.3 is 10.1 Å². The first-order valence-corrected chi connectivity index (χ1v) is 7.24. The normalized spacial score (nSPS) is 13.8. The van der Waals surface area contributed by atoms with E-state index >= 15 is 0 Å². The van der Waals surface area contributed by atoms with Crippen LogP contribution in [-0.4, -0.2) is 6.61 Å². The third-order valence-electron chi connectivity index (χ3n) is 3.49. The molecule has 2 aromatic carbocycles. The van der Waals surface area contributed by atoms with Gasteiger partial charge >= 0.3 is 0 Å². The highest BCUT2D eigenvalue weighted by molar-refractivity contribution is 5.29. The van der Waals surface area contributed by atoms with Gasteiger partial charge in [0.15, 0.2) is 0 Å². The fourth-order valence-electron chi connectivity index (χ4n) is 2.33. The van der Waals surface area contributed by atoms with Crippen LogP contribution in [0.2, 0.25) is 0 Å². The van der Waals surface area contributed by atoms with Gasteiger partial charge in [0.2, 0.25) is 0 Å². The molecule has 0 saturated carbocycles. The predicted octanol–water partition coefficient (Wildman–Crippen LogP) is 4.50. The summed E-state index contributed by atoms with van der Waals surface area (Å²) in [5, 5.41) is 3.62. The van der Waals surface area contributed by atoms with Crippen LogP contribution in [0.1, 0.15) is 44.0 Å². The first-order valence-electron chi connectivity index (χ1n) is 7.24. The molecule has 1 unspecified atom stereocenters. The summed E-state index contributed by atoms with van der Waals surface area (Å²) in [4.78, 5) is 0. The molecule has 0 heterocycles. The lowest BCUT2D eigenvalue weighted by Crippen LogP contribution is -2.22. The second-order valence-electron chi connectivity index (χ2n) is 5.02. The second kappa shape index (κ2) is 7.11. The Labute approximate surface area is 121 Å². The molecule has 2 atom stereocenters. The molecule has 0 aliphatic rings. The summed E-state index contributed by atoms with van der Waals surface area (Å²) in [5.74, 6) is 0.930. The molecule has 0 aliphatic carbocycles. The fourth-order valence-corrected chi connectivity index (χ4v) is 2.33. The molecule has 0 spiro atoms. The molecule has 0 amide bonds. The van der Waals surface area contributed by atoms with Gasteiger partial charge in [0.1, 0.15) is 5.75 Å². The van der Waals surface area contributed by atoms with Crippen LogP contribution in [0.3, 0.4) is 0 Å². The van der Waals surface area contributed by atoms with Gasteiger partial charge in [-0.2, -0.15) is 0 Å². The van der Waals surface area contributed by atoms with Crippen molar-refractivity contribution in [3.63, 3.8) is 0 Å². The molecule has 0 fully saturated rings. The lowest BCUT2D eigenvalue weighted by molar-refractivity contribution is 0.340. The number of benzene rings is 2. The molecule has 2 nitrogen and oxygen atoms in total. The highest BCUT2D eigenvalue weighted by Crippen LogP contribution is 2.21. The van der Waals surface area contributed by atoms with Gasteiger partial charge in [0.25, 0.3) is 0 Å². The minimum Gasteiger partial charge on any atom is -0.494 e. The van der Waals surface area contributed by atoms with Gasteiger partial charge in [-0.1, -0.05) is 42.5 Å². The van der Waals surface area contributed by atoms with E-state index in [2.05, 4.69) is 55.6 Å². The van der Waals surface area contributed by atoms with Crippen LogP contribution in [0, 0.1) is 0 Å². The Morgan fingerprint density at radius 1 is 0.850 bits per heavy atom. The van der Waals surface area contributed by atoms with Crippen LogP contribution >= 0.6 is 0 Å². The lowest BCUT2D eigenvalue weighted by atomic mass is 10.0. The Morgan fingerprint density at radius 3 is 1.95 bits per heavy atom. The minimum atomic E-state index is 0.306. The third kappa shape index (κ3) is 3.84. The van der Waals surface area contributed by atoms with Crippen molar-refractivity contribution < 1.29 is 4.74 Å². The molecule has 2 aromatic rings. The molecule has 1 N–H and O–H groups in total. The molecule has 0 bridgehead atoms. The average Bonchev–Trinajstić information content (AvgIpc) is 2.49. The van der Waals surface area contributed by atoms with Crippen molar-refractivity contribution in [2.24, 2.45) is 0 Å². The molecule has 0 aromatic heterocycles. The molecule has 0 saturated heterocycles. The zero-order chi connectivity index (χ0) is 14.4. The van der Waals surface area contributed by atoms with Crippen molar-refractivity contribution in [1.29, 1.82) is 0 Å². The number of rotatable bonds is 6. The van der Waals surface area contributed by atoms with E-state index in [9.17, 15) is 0 Å². The molecule has 106 valence electrons. The van der Waals surface area contributed by atoms with E-state index in [0.717, 1.165) is 5.75 Å². The Bertz CT molecular complexity index is 507. The topological polar surface area (TPSA) is 21.3 Å². The van der Waals surface area contributed by atoms with Crippen LogP contribution in [0.25, 0.3) is 0 Å². The minimum absolute atomic E-state index is 0.306. The van der Waals surface area contributed by atoms with E-state index in [0.29, 0.717) is 18.7 Å². The SMILES string of the molecule is CCOc1ccc(C(C)N[C@H](C)c2ccccc2)cc1. The van der Waals surface area contributed by atoms with Gasteiger partial charge in [-0.05, 0) is 44.0 Å². The van der Waals surface area contributed by atoms with E-state index in [4.69, 9.17) is 4.74 Å². The van der Waals surface area contributed by atoms with Gasteiger partial charge in [0.05, 0.1) is 6.61 Å². The largest absolute Gasteiger partial charge is 0.494 e. The maximum absolute atomic E-state index is 5.47. The highest BCUT2D eigenvalue weighted by Gasteiger charge is 2.10. The molecule has 0 aliphatic heterocycles. The molecule has 20 heavy (non-hydrogen) atoms. The van der Waals surface area contributed by atoms with Crippen LogP contribution in [0.4, 0.5) is 0 Å². The molecule has 2 rings (SSSR count). The summed E-state index contributed by atoms with van der Waals surface area (Å²) in [5.41, 5.74) is 2.58. The molecular weight excluding hydrogens is 246 g/mol. The summed E-state index contributed by atoms with van der Waals surface area (Å²) in [6.45, 7) is 7.09. The second-order valence-corrected chi connectivity index (χ2v) is 5.02. The Balaban J connectivity index is 1.99. The average molecular weight is 269 g/mol. The summed E-state index contributed by atoms with van der Waals surface area (Å²) in [6, 6.07) is 19.5. The van der Waals surface area contributed by atoms with E-state index in [-0.39, 0.29) is 0 Å². The number of hydrogen-bond acceptors (Lipinski definition) is 2. The van der Waals surface area contributed by atoms with Crippen LogP contribution < -0.4 is 10.1 Å². The maximum atomic E-state index is 5.47. The van der Waals surface area contributed by atoms with Crippen LogP contribution in [0.5, 0.6) is 5.75 Å². The Morgan fingerprint density at radius 2 is 1.40 bits per heavy atom. The van der Waals surface area contributed by atoms with Crippen molar-refractivity contribution in [1.82, 2.24) is 5.32 Å². The number of ether oxygens (including phenoxy) is 1. The highest BCUT2D eigenvalue weighted by atomic mass is 16.5. The van der Waals surface area contributed by atoms with E-state index in [1.54, 1.807) is 0 Å². The van der Waals surface area contributed by atoms with Gasteiger partial charge in [0, 0.05) is 12.1 Å². The standard InChI is InChI=1S/C18H23NO/c1-4-20-18-12-10-17(11-13-18)15(3)19-14(2)16-8-6-5-7-9-16/h5-15,19H,4H2,1-3H3/t14-,15?/m1/s1. The first kappa shape index (κ1) is 14.6. The lowest BCUT2D eigenvalue weighted by Gasteiger charge is -2.21. The molecule has 2 heteroatoms. The zero-order valence-electron chi connectivity index (χ0n) is 12.5. The van der Waals surface area contributed by atoms with E-state index in [1.807, 2.05) is 25.1 Å². The smallest absolute Gasteiger partial charge is 0.119 e. The van der Waals surface area contributed by atoms with Crippen LogP contribution in [0.15, 0.2) is 54.6 Å². The predicted molar refractivity (Wildman–Crippen MR) is 84.0 cm³/mol. The van der Waals surface area contributed by atoms with Crippen molar-refractivity contribution >= 4 is 0 Å². The molecular formula is C18H23NO. The quantitative estimate of drug-likeness (QED) is 0.834. The Hall–Kier alpha value is -1.80. The first-order chi connectivity index (χ1) is 9.70. The molecule has 0 radical (unpaired) electrons. The summed E-state index contributed by atoms with van der Waals surface area (Å²) < 4.78 is 5.47. The number of nitrogens with one attached hydrogen (secondary N) is 1. The zero-order valence-corrected chi connectivity index (χ0v) is 12.5. The van der Waals surface area contributed by atoms with E-state index < -0.39 is 0 Å². The van der Waals surface area contributed by atoms with Crippen molar-refractivity contribution in [2.45, 2.75) is 32.9 Å². The summed E-state index contributed by atoms with van der Waals surface area (Å²) >= 11 is 0. The van der Waals surface area contributed by atoms with Crippen molar-refractivity contribution in [3.8, 4) is 5.75 Å².